The van der Waals surface area contributed by atoms with Gasteiger partial charge in [-0.3, -0.25) is 0 Å². The smallest absolute Gasteiger partial charge is 0.119 e. The Labute approximate surface area is 497 Å². The van der Waals surface area contributed by atoms with Crippen molar-refractivity contribution in [1.82, 2.24) is 18.3 Å². The van der Waals surface area contributed by atoms with Gasteiger partial charge in [-0.05, 0) is 204 Å². The third-order valence-electron chi connectivity index (χ3n) is 18.5. The number of ether oxygens (including phenoxy) is 8. The van der Waals surface area contributed by atoms with Gasteiger partial charge in [0.25, 0.3) is 0 Å². The van der Waals surface area contributed by atoms with Crippen LogP contribution in [0.1, 0.15) is 43.9 Å². The third kappa shape index (κ3) is 7.67. The van der Waals surface area contributed by atoms with Gasteiger partial charge in [0.1, 0.15) is 46.0 Å². The van der Waals surface area contributed by atoms with Gasteiger partial charge in [0, 0.05) is 65.6 Å². The molecule has 0 saturated carbocycles. The summed E-state index contributed by atoms with van der Waals surface area (Å²) in [5, 5.41) is 8.44. The molecule has 4 aromatic heterocycles. The van der Waals surface area contributed by atoms with Crippen LogP contribution < -0.4 is 37.9 Å². The largest absolute Gasteiger partial charge is 0.497 e. The molecule has 0 radical (unpaired) electrons. The van der Waals surface area contributed by atoms with Crippen LogP contribution in [0, 0.1) is 0 Å². The van der Waals surface area contributed by atoms with Crippen LogP contribution in [-0.2, 0) is 10.8 Å². The molecule has 12 heteroatoms. The fraction of sp³-hybridized carbons (Fsp3) is 0.189. The number of methoxy groups -OCH3 is 8. The summed E-state index contributed by atoms with van der Waals surface area (Å²) in [5.74, 6) is 6.21. The molecule has 0 aliphatic heterocycles. The molecule has 428 valence electrons. The first kappa shape index (κ1) is 52.6. The number of hydrogen-bond donors (Lipinski definition) is 0. The van der Waals surface area contributed by atoms with E-state index in [2.05, 4.69) is 215 Å². The number of hydrogen-bond acceptors (Lipinski definition) is 8. The molecule has 14 aromatic rings. The second-order valence-electron chi connectivity index (χ2n) is 23.4. The number of fused-ring (bicyclic) bond motifs is 13. The fourth-order valence-electron chi connectivity index (χ4n) is 14.6. The molecule has 1 aliphatic rings. The molecule has 86 heavy (non-hydrogen) atoms. The highest BCUT2D eigenvalue weighted by molar-refractivity contribution is 6.14. The van der Waals surface area contributed by atoms with E-state index in [1.165, 1.54) is 11.1 Å². The minimum Gasteiger partial charge on any atom is -0.497 e. The molecular formula is C74H64N4O8. The molecule has 15 rings (SSSR count). The lowest BCUT2D eigenvalue weighted by Gasteiger charge is -2.32. The van der Waals surface area contributed by atoms with E-state index in [1.807, 2.05) is 0 Å². The van der Waals surface area contributed by atoms with E-state index < -0.39 is 5.41 Å². The molecule has 12 nitrogen and oxygen atoms in total. The Kier molecular flexibility index (Phi) is 11.9. The van der Waals surface area contributed by atoms with Gasteiger partial charge in [-0.25, -0.2) is 0 Å². The molecule has 1 aliphatic carbocycles. The summed E-state index contributed by atoms with van der Waals surface area (Å²) in [7, 11) is 13.8. The third-order valence-corrected chi connectivity index (χ3v) is 18.5. The van der Waals surface area contributed by atoms with Crippen molar-refractivity contribution in [3.63, 3.8) is 0 Å². The zero-order chi connectivity index (χ0) is 59.1. The average molecular weight is 1140 g/mol. The predicted octanol–water partition coefficient (Wildman–Crippen LogP) is 17.1. The molecule has 0 fully saturated rings. The molecule has 0 amide bonds. The molecule has 1 atom stereocenters. The SMILES string of the molecule is COc1ccc2c(c1)c1cc(OC)ccc1n2-c1cc(-n2c3ccc(OC)cc3c3cc(OC)ccc32)cc(C2(C)CC(C)(C)c3cc(-n4c5ccc(OC)cc5c5cc(OC)ccc54)cc(-n4c5ccc(OC)cc5c5cc(OC)ccc54)c32)c1. The summed E-state index contributed by atoms with van der Waals surface area (Å²) < 4.78 is 57.0. The summed E-state index contributed by atoms with van der Waals surface area (Å²) in [6, 6.07) is 63.1. The Morgan fingerprint density at radius 3 is 0.779 bits per heavy atom. The van der Waals surface area contributed by atoms with Crippen molar-refractivity contribution in [2.75, 3.05) is 56.9 Å². The summed E-state index contributed by atoms with van der Waals surface area (Å²) in [4.78, 5) is 0. The molecule has 0 N–H and O–H groups in total. The molecule has 0 bridgehead atoms. The highest BCUT2D eigenvalue weighted by Gasteiger charge is 2.49. The number of benzene rings is 10. The van der Waals surface area contributed by atoms with Gasteiger partial charge in [-0.2, -0.15) is 0 Å². The summed E-state index contributed by atoms with van der Waals surface area (Å²) in [6.45, 7) is 7.30. The van der Waals surface area contributed by atoms with Crippen molar-refractivity contribution in [2.24, 2.45) is 0 Å². The van der Waals surface area contributed by atoms with Crippen LogP contribution in [0.25, 0.3) is 110 Å². The van der Waals surface area contributed by atoms with Crippen LogP contribution in [0.4, 0.5) is 0 Å². The van der Waals surface area contributed by atoms with Gasteiger partial charge in [-0.1, -0.05) is 20.8 Å². The maximum Gasteiger partial charge on any atom is 0.119 e. The maximum absolute atomic E-state index is 5.96. The van der Waals surface area contributed by atoms with Gasteiger partial charge in [0.15, 0.2) is 0 Å². The fourth-order valence-corrected chi connectivity index (χ4v) is 14.6. The Morgan fingerprint density at radius 1 is 0.279 bits per heavy atom. The van der Waals surface area contributed by atoms with E-state index in [4.69, 9.17) is 37.9 Å². The van der Waals surface area contributed by atoms with E-state index in [9.17, 15) is 0 Å². The average Bonchev–Trinajstić information content (AvgIpc) is 1.62. The predicted molar refractivity (Wildman–Crippen MR) is 347 cm³/mol. The van der Waals surface area contributed by atoms with Crippen molar-refractivity contribution in [1.29, 1.82) is 0 Å². The normalized spacial score (nSPS) is 14.8. The Balaban J connectivity index is 1.09. The number of nitrogens with zero attached hydrogens (tertiary/aromatic N) is 4. The minimum atomic E-state index is -0.642. The van der Waals surface area contributed by atoms with Crippen LogP contribution in [0.3, 0.4) is 0 Å². The molecule has 1 unspecified atom stereocenters. The Hall–Kier alpha value is -10.2. The second kappa shape index (κ2) is 19.4. The summed E-state index contributed by atoms with van der Waals surface area (Å²) in [5.41, 5.74) is 15.1. The van der Waals surface area contributed by atoms with E-state index in [-0.39, 0.29) is 5.41 Å². The lowest BCUT2D eigenvalue weighted by molar-refractivity contribution is 0.415. The monoisotopic (exact) mass is 1140 g/mol. The van der Waals surface area contributed by atoms with Crippen LogP contribution in [0.15, 0.2) is 176 Å². The Morgan fingerprint density at radius 2 is 0.523 bits per heavy atom. The lowest BCUT2D eigenvalue weighted by atomic mass is 9.74. The zero-order valence-electron chi connectivity index (χ0n) is 50.0. The van der Waals surface area contributed by atoms with Gasteiger partial charge in [0.2, 0.25) is 0 Å². The molecular weight excluding hydrogens is 1070 g/mol. The van der Waals surface area contributed by atoms with Gasteiger partial charge >= 0.3 is 0 Å². The van der Waals surface area contributed by atoms with Crippen LogP contribution in [-0.4, -0.2) is 75.1 Å². The maximum atomic E-state index is 5.96. The second-order valence-corrected chi connectivity index (χ2v) is 23.4. The topological polar surface area (TPSA) is 93.6 Å². The molecule has 10 aromatic carbocycles. The first-order chi connectivity index (χ1) is 41.8. The number of aromatic nitrogens is 4. The number of rotatable bonds is 13. The van der Waals surface area contributed by atoms with Crippen molar-refractivity contribution in [3.05, 3.63) is 193 Å². The molecule has 0 spiro atoms. The highest BCUT2D eigenvalue weighted by Crippen LogP contribution is 2.58. The standard InChI is InChI=1S/C74H64N4O8/c1-73(2)41-74(3,42-28-43(75-63-20-12-46(79-4)33-54(63)55-34-47(80-5)13-21-64(55)75)30-44(29-42)76-65-22-14-48(81-6)35-56(65)57-36-49(82-7)15-23-66(57)76)72-62(73)31-45(77-67-24-16-50(83-8)37-58(67)59-38-51(84-9)17-25-68(59)77)32-71(72)78-69-26-18-52(85-10)39-60(69)61-40-53(86-11)19-27-70(61)78/h12-40H,41H2,1-11H3. The molecule has 0 saturated heterocycles. The van der Waals surface area contributed by atoms with Gasteiger partial charge in [-0.15, -0.1) is 0 Å². The highest BCUT2D eigenvalue weighted by atomic mass is 16.5. The van der Waals surface area contributed by atoms with Crippen LogP contribution in [0.5, 0.6) is 46.0 Å². The van der Waals surface area contributed by atoms with Crippen LogP contribution >= 0.6 is 0 Å². The first-order valence-electron chi connectivity index (χ1n) is 28.8. The first-order valence-corrected chi connectivity index (χ1v) is 28.8. The lowest BCUT2D eigenvalue weighted by Crippen LogP contribution is -2.25. The van der Waals surface area contributed by atoms with Crippen molar-refractivity contribution < 1.29 is 37.9 Å². The van der Waals surface area contributed by atoms with Crippen molar-refractivity contribution in [2.45, 2.75) is 38.0 Å². The quantitative estimate of drug-likeness (QED) is 0.113. The van der Waals surface area contributed by atoms with E-state index in [0.29, 0.717) is 0 Å². The summed E-state index contributed by atoms with van der Waals surface area (Å²) >= 11 is 0. The van der Waals surface area contributed by atoms with E-state index >= 15 is 0 Å². The van der Waals surface area contributed by atoms with E-state index in [0.717, 1.165) is 168 Å². The Bertz CT molecular complexity index is 4760. The molecule has 4 heterocycles. The summed E-state index contributed by atoms with van der Waals surface area (Å²) in [6.07, 6.45) is 0.776. The zero-order valence-corrected chi connectivity index (χ0v) is 50.0. The van der Waals surface area contributed by atoms with Gasteiger partial charge < -0.3 is 56.2 Å². The van der Waals surface area contributed by atoms with Crippen molar-refractivity contribution in [3.8, 4) is 68.7 Å². The van der Waals surface area contributed by atoms with Crippen LogP contribution in [0.2, 0.25) is 0 Å². The minimum absolute atomic E-state index is 0.374. The van der Waals surface area contributed by atoms with Gasteiger partial charge in [0.05, 0.1) is 107 Å². The van der Waals surface area contributed by atoms with Crippen molar-refractivity contribution >= 4 is 87.2 Å². The van der Waals surface area contributed by atoms with E-state index in [1.54, 1.807) is 56.9 Å².